The van der Waals surface area contributed by atoms with Crippen LogP contribution in [0, 0.1) is 0 Å². The van der Waals surface area contributed by atoms with Gasteiger partial charge in [0.05, 0.1) is 5.69 Å². The lowest BCUT2D eigenvalue weighted by Crippen LogP contribution is -2.90. The molecule has 3 aromatic rings. The maximum atomic E-state index is 8.84. The normalized spacial score (nSPS) is 9.61. The average molecular weight is 1010 g/mol. The lowest BCUT2D eigenvalue weighted by molar-refractivity contribution is 0.411. The first kappa shape index (κ1) is 75.5. The Balaban J connectivity index is -0.00000101. The van der Waals surface area contributed by atoms with E-state index < -0.39 is 109 Å². The van der Waals surface area contributed by atoms with Crippen molar-refractivity contribution in [3.8, 4) is 0 Å². The van der Waals surface area contributed by atoms with Crippen molar-refractivity contribution in [2.75, 3.05) is 41.3 Å². The predicted octanol–water partition coefficient (Wildman–Crippen LogP) is -8.37. The maximum Gasteiger partial charge on any atom is 0.490 e. The monoisotopic (exact) mass is 1010 g/mol. The Morgan fingerprint density at radius 2 is 0.746 bits per heavy atom. The van der Waals surface area contributed by atoms with Gasteiger partial charge in [-0.25, -0.2) is 0 Å². The summed E-state index contributed by atoms with van der Waals surface area (Å²) in [6, 6.07) is 11.4. The minimum absolute atomic E-state index is 0. The molecule has 2 N–H and O–H groups in total. The number of likely N-dealkylation sites (N-methyl/N-ethyl adjacent to an activating group) is 2. The fraction of sp³-hybridized carbons (Fsp3) is 0.370. The van der Waals surface area contributed by atoms with Gasteiger partial charge in [-0.1, -0.05) is 27.5 Å². The first-order chi connectivity index (χ1) is 32.0. The highest BCUT2D eigenvalue weighted by atomic mass is 79.9. The molecule has 0 fully saturated rings. The number of hydrogen-bond acceptors (Lipinski definition) is 7. The van der Waals surface area contributed by atoms with E-state index in [9.17, 15) is 0 Å². The summed E-state index contributed by atoms with van der Waals surface area (Å²) in [7, 11) is 117. The number of rotatable bonds is 23. The van der Waals surface area contributed by atoms with Crippen LogP contribution in [0.2, 0.25) is 0 Å². The Kier molecular flexibility index (Phi) is 42.1. The first-order valence-corrected chi connectivity index (χ1v) is 23.6. The molecule has 0 aliphatic heterocycles. The molecule has 0 aliphatic rings. The van der Waals surface area contributed by atoms with Gasteiger partial charge < -0.3 is 19.8 Å². The summed E-state index contributed by atoms with van der Waals surface area (Å²) >= 11 is 6.63. The van der Waals surface area contributed by atoms with Crippen LogP contribution < -0.4 is 5.46 Å². The number of halogens is 2. The molecule has 306 valence electrons. The van der Waals surface area contributed by atoms with Crippen molar-refractivity contribution >= 4 is 292 Å². The summed E-state index contributed by atoms with van der Waals surface area (Å²) in [6.07, 6.45) is -8.01. The first-order valence-electron chi connectivity index (χ1n) is 22.1. The second-order valence-corrected chi connectivity index (χ2v) is 19.2. The molecule has 44 heteroatoms. The van der Waals surface area contributed by atoms with E-state index in [1.165, 1.54) is 6.20 Å². The average Bonchev–Trinajstić information content (AvgIpc) is 3.23. The molecule has 0 atom stereocenters. The van der Waals surface area contributed by atoms with E-state index in [0.717, 1.165) is 52.0 Å². The van der Waals surface area contributed by atoms with Crippen LogP contribution in [0.25, 0.3) is 6.08 Å². The quantitative estimate of drug-likeness (QED) is 0.0916. The Bertz CT molecular complexity index is 1750. The van der Waals surface area contributed by atoms with Gasteiger partial charge in [-0.05, 0) is 96.5 Å². The minimum Gasteiger partial charge on any atom is -0.423 e. The van der Waals surface area contributed by atoms with E-state index in [-0.39, 0.29) is 14.9 Å². The van der Waals surface area contributed by atoms with Crippen LogP contribution in [0.3, 0.4) is 0 Å². The van der Waals surface area contributed by atoms with Crippen molar-refractivity contribution in [1.29, 1.82) is 0 Å². The van der Waals surface area contributed by atoms with Gasteiger partial charge in [-0.3, -0.25) is 15.0 Å². The predicted molar refractivity (Wildman–Crippen MR) is 362 cm³/mol. The van der Waals surface area contributed by atoms with E-state index in [1.807, 2.05) is 50.6 Å². The Morgan fingerprint density at radius 1 is 0.451 bits per heavy atom. The van der Waals surface area contributed by atoms with Crippen LogP contribution in [0.15, 0.2) is 70.5 Å². The highest BCUT2D eigenvalue weighted by Gasteiger charge is 2.54. The van der Waals surface area contributed by atoms with Crippen molar-refractivity contribution in [3.63, 3.8) is 0 Å². The van der Waals surface area contributed by atoms with Gasteiger partial charge in [0.2, 0.25) is 0 Å². The molecule has 0 saturated carbocycles. The maximum absolute atomic E-state index is 8.84. The zero-order chi connectivity index (χ0) is 53.5. The number of nitrogens with zero attached hydrogens (tertiary/aromatic N) is 5. The van der Waals surface area contributed by atoms with Gasteiger partial charge in [0.15, 0.2) is 0 Å². The van der Waals surface area contributed by atoms with Gasteiger partial charge in [0.25, 0.3) is 0 Å². The van der Waals surface area contributed by atoms with Crippen molar-refractivity contribution in [1.82, 2.24) is 24.8 Å². The molecular weight excluding hydrogens is 965 g/mol. The number of hydrogen-bond donors (Lipinski definition) is 2. The summed E-state index contributed by atoms with van der Waals surface area (Å²) in [5.41, 5.74) is 3.44. The molecule has 3 aromatic heterocycles. The van der Waals surface area contributed by atoms with Gasteiger partial charge in [0, 0.05) is 312 Å². The number of aromatic nitrogens is 3. The highest BCUT2D eigenvalue weighted by Crippen LogP contribution is 2.16. The van der Waals surface area contributed by atoms with Crippen molar-refractivity contribution < 1.29 is 10.0 Å². The summed E-state index contributed by atoms with van der Waals surface area (Å²) in [6.45, 7) is 5.57. The van der Waals surface area contributed by atoms with Crippen LogP contribution >= 0.6 is 31.9 Å². The Labute approximate surface area is 479 Å². The molecule has 0 unspecified atom stereocenters. The minimum atomic E-state index is -1.43. The molecule has 0 bridgehead atoms. The fourth-order valence-electron chi connectivity index (χ4n) is 7.86. The largest absolute Gasteiger partial charge is 0.490 e. The molecule has 7 nitrogen and oxygen atoms in total. The Hall–Kier alpha value is 0.263. The van der Waals surface area contributed by atoms with Crippen LogP contribution in [-0.2, 0) is 12.8 Å². The van der Waals surface area contributed by atoms with Crippen molar-refractivity contribution in [2.45, 2.75) is 27.7 Å². The summed E-state index contributed by atoms with van der Waals surface area (Å²) in [5, 5.41) is 17.7. The lowest BCUT2D eigenvalue weighted by atomic mass is 8.29. The Morgan fingerprint density at radius 3 is 0.986 bits per heavy atom. The van der Waals surface area contributed by atoms with Gasteiger partial charge >= 0.3 is 7.12 Å². The van der Waals surface area contributed by atoms with E-state index in [0.29, 0.717) is 5.46 Å². The fourth-order valence-corrected chi connectivity index (χ4v) is 8.33. The third-order valence-electron chi connectivity index (χ3n) is 11.2. The van der Waals surface area contributed by atoms with Crippen molar-refractivity contribution in [2.24, 2.45) is 0 Å². The van der Waals surface area contributed by atoms with Gasteiger partial charge in [0.1, 0.15) is 0 Å². The zero-order valence-corrected chi connectivity index (χ0v) is 43.6. The molecule has 36 radical (unpaired) electrons. The molecule has 0 aromatic carbocycles. The molecule has 3 rings (SSSR count). The molecule has 0 saturated heterocycles. The standard InChI is InChI=1S/C9H15BN2O2.C9H13BrN2.C7H6BrN.2CH4.B34/c1-12(2)6-5-9-4-3-8(7-11-9)10(13)14;1-12(2)6-5-9-4-3-8(10)7-11-9;1-2-7-4-3-6(8)5-9-7;;;1-19(2)28(20(3)4)32(27(17)18)34(31(25(13)14)26(15)16)33(29(21(5)6)22(7)8)30(23(9)10)24(11)12/h3-4,7,13-14H,5-6H2,1-2H3;3-4,7H,5-6H2,1-2H3;2-5H,1H2;2*1H4;. The third-order valence-corrected chi connectivity index (χ3v) is 12.1. The molecule has 0 aliphatic carbocycles. The van der Waals surface area contributed by atoms with Gasteiger partial charge in [-0.15, -0.1) is 0 Å². The summed E-state index contributed by atoms with van der Waals surface area (Å²) in [5.74, 6) is 0. The summed E-state index contributed by atoms with van der Waals surface area (Å²) in [4.78, 5) is 16.7. The second-order valence-electron chi connectivity index (χ2n) is 17.4. The van der Waals surface area contributed by atoms with Crippen LogP contribution in [0.4, 0.5) is 0 Å². The van der Waals surface area contributed by atoms with Crippen LogP contribution in [0.1, 0.15) is 31.9 Å². The molecule has 71 heavy (non-hydrogen) atoms. The van der Waals surface area contributed by atoms with E-state index in [4.69, 9.17) is 149 Å². The van der Waals surface area contributed by atoms with Crippen LogP contribution in [-0.4, -0.2) is 325 Å². The highest BCUT2D eigenvalue weighted by molar-refractivity contribution is 9.10. The topological polar surface area (TPSA) is 85.6 Å². The third kappa shape index (κ3) is 29.0. The molecule has 3 heterocycles. The number of pyridine rings is 3. The molecular formula is C27H42B35Br2N5O2. The summed E-state index contributed by atoms with van der Waals surface area (Å²) < 4.78 is 2.03. The van der Waals surface area contributed by atoms with E-state index in [2.05, 4.69) is 77.3 Å². The SMILES string of the molecule is C.C.C=Cc1ccc(Br)cn1.CN(C)CCc1ccc(B(O)O)cn1.CN(C)CCc1ccc(Br)cn1.[B]B([B])B(B([B])[B])B(B([B])[B])B(B(B([B])[B])B([B])[B])B(B(B([B])[B])B([B])[B])B(B([B])[B])B([B])[B]. The van der Waals surface area contributed by atoms with E-state index in [1.54, 1.807) is 18.3 Å². The van der Waals surface area contributed by atoms with E-state index >= 15 is 0 Å². The van der Waals surface area contributed by atoms with Crippen molar-refractivity contribution in [3.05, 3.63) is 87.6 Å². The molecule has 0 amide bonds. The van der Waals surface area contributed by atoms with Gasteiger partial charge in [-0.2, -0.15) is 0 Å². The lowest BCUT2D eigenvalue weighted by Gasteiger charge is -2.52. The second kappa shape index (κ2) is 39.6. The molecule has 0 spiro atoms. The smallest absolute Gasteiger partial charge is 0.423 e. The zero-order valence-electron chi connectivity index (χ0n) is 40.4. The van der Waals surface area contributed by atoms with Crippen LogP contribution in [0.5, 0.6) is 0 Å².